The summed E-state index contributed by atoms with van der Waals surface area (Å²) >= 11 is 11.9. The van der Waals surface area contributed by atoms with Gasteiger partial charge in [-0.1, -0.05) is 29.3 Å². The normalized spacial score (nSPS) is 10.7. The van der Waals surface area contributed by atoms with Crippen molar-refractivity contribution in [3.63, 3.8) is 0 Å². The van der Waals surface area contributed by atoms with Gasteiger partial charge < -0.3 is 0 Å². The Bertz CT molecular complexity index is 566. The van der Waals surface area contributed by atoms with Crippen LogP contribution in [0.1, 0.15) is 12.6 Å². The third-order valence-corrected chi connectivity index (χ3v) is 2.70. The molecule has 0 atom stereocenters. The van der Waals surface area contributed by atoms with Crippen molar-refractivity contribution in [2.45, 2.75) is 13.3 Å². The van der Waals surface area contributed by atoms with Gasteiger partial charge in [0.1, 0.15) is 5.78 Å². The summed E-state index contributed by atoms with van der Waals surface area (Å²) in [6.45, 7) is 1.54. The first-order chi connectivity index (χ1) is 7.56. The Hall–Kier alpha value is -1.12. The van der Waals surface area contributed by atoms with Gasteiger partial charge in [0.05, 0.1) is 10.5 Å². The Morgan fingerprint density at radius 1 is 1.31 bits per heavy atom. The zero-order valence-corrected chi connectivity index (χ0v) is 10.1. The molecule has 2 rings (SSSR count). The SMILES string of the molecule is CC(=O)Cc1ccc2cc(Cl)cc(Cl)c2n1. The quantitative estimate of drug-likeness (QED) is 0.818. The molecule has 0 N–H and O–H groups in total. The molecule has 1 aromatic heterocycles. The van der Waals surface area contributed by atoms with Gasteiger partial charge in [0, 0.05) is 22.5 Å². The lowest BCUT2D eigenvalue weighted by Crippen LogP contribution is -1.99. The van der Waals surface area contributed by atoms with E-state index in [0.29, 0.717) is 22.0 Å². The topological polar surface area (TPSA) is 30.0 Å². The number of ketones is 1. The van der Waals surface area contributed by atoms with Crippen LogP contribution in [0.4, 0.5) is 0 Å². The molecule has 0 unspecified atom stereocenters. The lowest BCUT2D eigenvalue weighted by atomic mass is 10.1. The number of rotatable bonds is 2. The summed E-state index contributed by atoms with van der Waals surface area (Å²) in [4.78, 5) is 15.3. The predicted molar refractivity (Wildman–Crippen MR) is 66.1 cm³/mol. The molecule has 0 bridgehead atoms. The van der Waals surface area contributed by atoms with Gasteiger partial charge in [-0.05, 0) is 25.1 Å². The molecular formula is C12H9Cl2NO. The van der Waals surface area contributed by atoms with Crippen molar-refractivity contribution >= 4 is 39.9 Å². The maximum absolute atomic E-state index is 11.0. The molecule has 0 saturated heterocycles. The third kappa shape index (κ3) is 2.34. The molecule has 2 aromatic rings. The van der Waals surface area contributed by atoms with Gasteiger partial charge in [0.2, 0.25) is 0 Å². The molecule has 0 aliphatic heterocycles. The number of Topliss-reactive ketones (excluding diaryl/α,β-unsaturated/α-hetero) is 1. The van der Waals surface area contributed by atoms with Crippen molar-refractivity contribution in [1.82, 2.24) is 4.98 Å². The second-order valence-corrected chi connectivity index (χ2v) is 4.48. The highest BCUT2D eigenvalue weighted by Gasteiger charge is 2.05. The molecule has 0 fully saturated rings. The number of benzene rings is 1. The smallest absolute Gasteiger partial charge is 0.135 e. The van der Waals surface area contributed by atoms with Gasteiger partial charge in [-0.2, -0.15) is 0 Å². The Labute approximate surface area is 103 Å². The van der Waals surface area contributed by atoms with E-state index in [9.17, 15) is 4.79 Å². The van der Waals surface area contributed by atoms with Gasteiger partial charge in [-0.3, -0.25) is 9.78 Å². The van der Waals surface area contributed by atoms with Crippen LogP contribution in [0.2, 0.25) is 10.0 Å². The molecule has 0 spiro atoms. The molecule has 1 aromatic carbocycles. The first kappa shape index (κ1) is 11.4. The van der Waals surface area contributed by atoms with E-state index in [1.54, 1.807) is 12.1 Å². The van der Waals surface area contributed by atoms with Crippen LogP contribution in [0.15, 0.2) is 24.3 Å². The molecular weight excluding hydrogens is 245 g/mol. The molecule has 16 heavy (non-hydrogen) atoms. The standard InChI is InChI=1S/C12H9Cl2NO/c1-7(16)4-10-3-2-8-5-9(13)6-11(14)12(8)15-10/h2-3,5-6H,4H2,1H3. The number of carbonyl (C=O) groups excluding carboxylic acids is 1. The number of halogens is 2. The third-order valence-electron chi connectivity index (χ3n) is 2.20. The summed E-state index contributed by atoms with van der Waals surface area (Å²) in [7, 11) is 0. The number of fused-ring (bicyclic) bond motifs is 1. The fourth-order valence-corrected chi connectivity index (χ4v) is 2.10. The predicted octanol–water partition coefficient (Wildman–Crippen LogP) is 3.67. The van der Waals surface area contributed by atoms with Gasteiger partial charge in [0.25, 0.3) is 0 Å². The van der Waals surface area contributed by atoms with E-state index >= 15 is 0 Å². The fraction of sp³-hybridized carbons (Fsp3) is 0.167. The van der Waals surface area contributed by atoms with Crippen molar-refractivity contribution in [3.8, 4) is 0 Å². The Kier molecular flexibility index (Phi) is 3.13. The summed E-state index contributed by atoms with van der Waals surface area (Å²) < 4.78 is 0. The molecule has 0 aliphatic rings. The summed E-state index contributed by atoms with van der Waals surface area (Å²) in [6.07, 6.45) is 0.328. The minimum absolute atomic E-state index is 0.0805. The lowest BCUT2D eigenvalue weighted by molar-refractivity contribution is -0.116. The molecule has 0 amide bonds. The zero-order chi connectivity index (χ0) is 11.7. The van der Waals surface area contributed by atoms with E-state index in [1.165, 1.54) is 6.92 Å². The van der Waals surface area contributed by atoms with Gasteiger partial charge in [-0.15, -0.1) is 0 Å². The van der Waals surface area contributed by atoms with E-state index in [4.69, 9.17) is 23.2 Å². The van der Waals surface area contributed by atoms with E-state index in [0.717, 1.165) is 11.1 Å². The van der Waals surface area contributed by atoms with Crippen molar-refractivity contribution in [3.05, 3.63) is 40.0 Å². The van der Waals surface area contributed by atoms with Crippen LogP contribution in [0.3, 0.4) is 0 Å². The van der Waals surface area contributed by atoms with Crippen LogP contribution in [-0.4, -0.2) is 10.8 Å². The summed E-state index contributed by atoms with van der Waals surface area (Å²) in [6, 6.07) is 7.14. The second kappa shape index (κ2) is 4.40. The monoisotopic (exact) mass is 253 g/mol. The molecule has 0 aliphatic carbocycles. The number of aromatic nitrogens is 1. The van der Waals surface area contributed by atoms with Gasteiger partial charge in [0.15, 0.2) is 0 Å². The fourth-order valence-electron chi connectivity index (χ4n) is 1.55. The van der Waals surface area contributed by atoms with E-state index in [-0.39, 0.29) is 5.78 Å². The van der Waals surface area contributed by atoms with Crippen LogP contribution >= 0.6 is 23.2 Å². The maximum Gasteiger partial charge on any atom is 0.135 e. The average molecular weight is 254 g/mol. The molecule has 1 heterocycles. The van der Waals surface area contributed by atoms with Gasteiger partial charge in [-0.25, -0.2) is 0 Å². The molecule has 0 radical (unpaired) electrons. The van der Waals surface area contributed by atoms with Crippen LogP contribution in [0, 0.1) is 0 Å². The van der Waals surface area contributed by atoms with Crippen LogP contribution in [0.25, 0.3) is 10.9 Å². The van der Waals surface area contributed by atoms with Gasteiger partial charge >= 0.3 is 0 Å². The minimum Gasteiger partial charge on any atom is -0.300 e. The van der Waals surface area contributed by atoms with Crippen molar-refractivity contribution in [2.24, 2.45) is 0 Å². The van der Waals surface area contributed by atoms with E-state index in [1.807, 2.05) is 12.1 Å². The number of carbonyl (C=O) groups is 1. The van der Waals surface area contributed by atoms with E-state index in [2.05, 4.69) is 4.98 Å². The summed E-state index contributed by atoms with van der Waals surface area (Å²) in [5, 5.41) is 1.97. The highest BCUT2D eigenvalue weighted by atomic mass is 35.5. The number of hydrogen-bond acceptors (Lipinski definition) is 2. The Morgan fingerprint density at radius 2 is 2.06 bits per heavy atom. The van der Waals surface area contributed by atoms with Crippen molar-refractivity contribution in [1.29, 1.82) is 0 Å². The summed E-state index contributed by atoms with van der Waals surface area (Å²) in [5.41, 5.74) is 1.41. The molecule has 0 saturated carbocycles. The number of pyridine rings is 1. The number of nitrogens with zero attached hydrogens (tertiary/aromatic N) is 1. The largest absolute Gasteiger partial charge is 0.300 e. The average Bonchev–Trinajstić information content (AvgIpc) is 2.18. The first-order valence-corrected chi connectivity index (χ1v) is 5.56. The minimum atomic E-state index is 0.0805. The van der Waals surface area contributed by atoms with Crippen molar-refractivity contribution in [2.75, 3.05) is 0 Å². The number of hydrogen-bond donors (Lipinski definition) is 0. The molecule has 82 valence electrons. The first-order valence-electron chi connectivity index (χ1n) is 4.80. The van der Waals surface area contributed by atoms with E-state index < -0.39 is 0 Å². The Morgan fingerprint density at radius 3 is 2.75 bits per heavy atom. The molecule has 2 nitrogen and oxygen atoms in total. The van der Waals surface area contributed by atoms with Crippen LogP contribution < -0.4 is 0 Å². The molecule has 4 heteroatoms. The Balaban J connectivity index is 2.57. The highest BCUT2D eigenvalue weighted by Crippen LogP contribution is 2.26. The van der Waals surface area contributed by atoms with Crippen molar-refractivity contribution < 1.29 is 4.79 Å². The second-order valence-electron chi connectivity index (χ2n) is 3.64. The van der Waals surface area contributed by atoms with Crippen LogP contribution in [0.5, 0.6) is 0 Å². The van der Waals surface area contributed by atoms with Crippen LogP contribution in [-0.2, 0) is 11.2 Å². The summed E-state index contributed by atoms with van der Waals surface area (Å²) in [5.74, 6) is 0.0805. The maximum atomic E-state index is 11.0. The zero-order valence-electron chi connectivity index (χ0n) is 8.63. The highest BCUT2D eigenvalue weighted by molar-refractivity contribution is 6.38. The lowest BCUT2D eigenvalue weighted by Gasteiger charge is -2.03.